The Balaban J connectivity index is 1.83. The van der Waals surface area contributed by atoms with Crippen molar-refractivity contribution >= 4 is 17.4 Å². The van der Waals surface area contributed by atoms with Gasteiger partial charge in [-0.05, 0) is 56.4 Å². The van der Waals surface area contributed by atoms with Gasteiger partial charge in [0, 0.05) is 23.6 Å². The number of halogens is 1. The van der Waals surface area contributed by atoms with Crippen molar-refractivity contribution in [1.29, 1.82) is 0 Å². The summed E-state index contributed by atoms with van der Waals surface area (Å²) in [5.74, 6) is 0.179. The summed E-state index contributed by atoms with van der Waals surface area (Å²) >= 11 is 5.96. The lowest BCUT2D eigenvalue weighted by Gasteiger charge is -2.08. The first-order chi connectivity index (χ1) is 8.65. The van der Waals surface area contributed by atoms with Gasteiger partial charge in [0.15, 0.2) is 5.78 Å². The molecule has 1 heterocycles. The van der Waals surface area contributed by atoms with E-state index in [0.29, 0.717) is 17.5 Å². The maximum absolute atomic E-state index is 12.0. The molecule has 0 saturated carbocycles. The van der Waals surface area contributed by atoms with Crippen LogP contribution in [0.15, 0.2) is 18.2 Å². The second-order valence-electron chi connectivity index (χ2n) is 4.97. The molecule has 1 aromatic carbocycles. The second kappa shape index (κ2) is 6.35. The lowest BCUT2D eigenvalue weighted by Crippen LogP contribution is -2.06. The minimum Gasteiger partial charge on any atom is -0.378 e. The zero-order chi connectivity index (χ0) is 13.0. The molecule has 0 aliphatic carbocycles. The predicted molar refractivity (Wildman–Crippen MR) is 73.3 cm³/mol. The second-order valence-corrected chi connectivity index (χ2v) is 5.40. The molecule has 18 heavy (non-hydrogen) atoms. The van der Waals surface area contributed by atoms with Crippen LogP contribution in [0.4, 0.5) is 0 Å². The summed E-state index contributed by atoms with van der Waals surface area (Å²) in [4.78, 5) is 12.0. The molecule has 0 radical (unpaired) electrons. The molecule has 2 rings (SSSR count). The molecule has 0 bridgehead atoms. The third-order valence-corrected chi connectivity index (χ3v) is 3.54. The van der Waals surface area contributed by atoms with Gasteiger partial charge in [0.05, 0.1) is 6.10 Å². The molecule has 1 unspecified atom stereocenters. The van der Waals surface area contributed by atoms with Gasteiger partial charge in [-0.15, -0.1) is 0 Å². The van der Waals surface area contributed by atoms with E-state index in [1.54, 1.807) is 6.07 Å². The Labute approximate surface area is 113 Å². The van der Waals surface area contributed by atoms with Crippen molar-refractivity contribution in [2.24, 2.45) is 0 Å². The first kappa shape index (κ1) is 13.6. The average Bonchev–Trinajstić information content (AvgIpc) is 2.80. The Bertz CT molecular complexity index is 402. The van der Waals surface area contributed by atoms with Crippen molar-refractivity contribution < 1.29 is 9.53 Å². The van der Waals surface area contributed by atoms with Gasteiger partial charge in [0.2, 0.25) is 0 Å². The first-order valence-corrected chi connectivity index (χ1v) is 6.95. The number of carbonyl (C=O) groups is 1. The Hall–Kier alpha value is -0.860. The SMILES string of the molecule is Cc1cc(Cl)cc(C(=O)CCCC2CCCO2)c1. The number of ketones is 1. The fourth-order valence-electron chi connectivity index (χ4n) is 2.40. The van der Waals surface area contributed by atoms with Crippen molar-refractivity contribution in [3.8, 4) is 0 Å². The minimum absolute atomic E-state index is 0.179. The Morgan fingerprint density at radius 2 is 2.28 bits per heavy atom. The highest BCUT2D eigenvalue weighted by atomic mass is 35.5. The van der Waals surface area contributed by atoms with Gasteiger partial charge in [0.1, 0.15) is 0 Å². The fourth-order valence-corrected chi connectivity index (χ4v) is 2.69. The number of carbonyl (C=O) groups excluding carboxylic acids is 1. The largest absolute Gasteiger partial charge is 0.378 e. The van der Waals surface area contributed by atoms with Crippen molar-refractivity contribution in [3.63, 3.8) is 0 Å². The van der Waals surface area contributed by atoms with Crippen LogP contribution in [-0.2, 0) is 4.74 Å². The van der Waals surface area contributed by atoms with E-state index in [0.717, 1.165) is 43.4 Å². The molecule has 0 spiro atoms. The third kappa shape index (κ3) is 3.82. The van der Waals surface area contributed by atoms with Crippen LogP contribution in [0.5, 0.6) is 0 Å². The van der Waals surface area contributed by atoms with Gasteiger partial charge in [0.25, 0.3) is 0 Å². The number of aryl methyl sites for hydroxylation is 1. The van der Waals surface area contributed by atoms with Crippen LogP contribution >= 0.6 is 11.6 Å². The van der Waals surface area contributed by atoms with E-state index in [1.807, 2.05) is 19.1 Å². The highest BCUT2D eigenvalue weighted by molar-refractivity contribution is 6.31. The molecule has 1 saturated heterocycles. The summed E-state index contributed by atoms with van der Waals surface area (Å²) < 4.78 is 5.55. The van der Waals surface area contributed by atoms with Gasteiger partial charge in [-0.2, -0.15) is 0 Å². The van der Waals surface area contributed by atoms with Crippen LogP contribution in [0.25, 0.3) is 0 Å². The van der Waals surface area contributed by atoms with E-state index in [1.165, 1.54) is 0 Å². The summed E-state index contributed by atoms with van der Waals surface area (Å²) in [7, 11) is 0. The molecule has 1 aliphatic heterocycles. The fraction of sp³-hybridized carbons (Fsp3) is 0.533. The van der Waals surface area contributed by atoms with Crippen LogP contribution in [0, 0.1) is 6.92 Å². The monoisotopic (exact) mass is 266 g/mol. The van der Waals surface area contributed by atoms with Gasteiger partial charge < -0.3 is 4.74 Å². The van der Waals surface area contributed by atoms with Crippen molar-refractivity contribution in [1.82, 2.24) is 0 Å². The van der Waals surface area contributed by atoms with Gasteiger partial charge >= 0.3 is 0 Å². The molecule has 3 heteroatoms. The molecule has 0 aromatic heterocycles. The number of ether oxygens (including phenoxy) is 1. The normalized spacial score (nSPS) is 19.1. The zero-order valence-corrected chi connectivity index (χ0v) is 11.5. The van der Waals surface area contributed by atoms with E-state index in [4.69, 9.17) is 16.3 Å². The number of rotatable bonds is 5. The summed E-state index contributed by atoms with van der Waals surface area (Å²) in [5.41, 5.74) is 1.76. The van der Waals surface area contributed by atoms with E-state index in [2.05, 4.69) is 0 Å². The number of benzene rings is 1. The smallest absolute Gasteiger partial charge is 0.162 e. The molecule has 2 nitrogen and oxygen atoms in total. The number of hydrogen-bond donors (Lipinski definition) is 0. The summed E-state index contributed by atoms with van der Waals surface area (Å²) in [5, 5.41) is 0.637. The Morgan fingerprint density at radius 1 is 1.44 bits per heavy atom. The van der Waals surface area contributed by atoms with Crippen molar-refractivity contribution in [2.45, 2.75) is 45.1 Å². The maximum atomic E-state index is 12.0. The van der Waals surface area contributed by atoms with Gasteiger partial charge in [-0.1, -0.05) is 11.6 Å². The Kier molecular flexibility index (Phi) is 4.79. The van der Waals surface area contributed by atoms with Crippen LogP contribution in [0.1, 0.15) is 48.0 Å². The molecule has 98 valence electrons. The predicted octanol–water partition coefficient (Wildman–Crippen LogP) is 4.18. The molecule has 0 N–H and O–H groups in total. The lowest BCUT2D eigenvalue weighted by atomic mass is 10.0. The van der Waals surface area contributed by atoms with Crippen LogP contribution in [-0.4, -0.2) is 18.5 Å². The van der Waals surface area contributed by atoms with E-state index in [-0.39, 0.29) is 5.78 Å². The summed E-state index contributed by atoms with van der Waals surface area (Å²) in [6.45, 7) is 2.83. The Morgan fingerprint density at radius 3 is 2.94 bits per heavy atom. The van der Waals surface area contributed by atoms with Gasteiger partial charge in [-0.25, -0.2) is 0 Å². The topological polar surface area (TPSA) is 26.3 Å². The molecule has 1 aromatic rings. The summed E-state index contributed by atoms with van der Waals surface area (Å²) in [6.07, 6.45) is 5.15. The third-order valence-electron chi connectivity index (χ3n) is 3.32. The molecule has 1 atom stereocenters. The van der Waals surface area contributed by atoms with E-state index >= 15 is 0 Å². The standard InChI is InChI=1S/C15H19ClO2/c1-11-8-12(10-13(16)9-11)15(17)6-2-4-14-5-3-7-18-14/h8-10,14H,2-7H2,1H3. The zero-order valence-electron chi connectivity index (χ0n) is 10.7. The van der Waals surface area contributed by atoms with E-state index in [9.17, 15) is 4.79 Å². The highest BCUT2D eigenvalue weighted by Crippen LogP contribution is 2.20. The molecular weight excluding hydrogens is 248 g/mol. The van der Waals surface area contributed by atoms with Crippen LogP contribution < -0.4 is 0 Å². The van der Waals surface area contributed by atoms with Crippen molar-refractivity contribution in [3.05, 3.63) is 34.3 Å². The number of hydrogen-bond acceptors (Lipinski definition) is 2. The molecule has 0 amide bonds. The van der Waals surface area contributed by atoms with Crippen LogP contribution in [0.3, 0.4) is 0 Å². The average molecular weight is 267 g/mol. The number of Topliss-reactive ketones (excluding diaryl/α,β-unsaturated/α-hetero) is 1. The minimum atomic E-state index is 0.179. The van der Waals surface area contributed by atoms with Crippen LogP contribution in [0.2, 0.25) is 5.02 Å². The lowest BCUT2D eigenvalue weighted by molar-refractivity contribution is 0.0922. The van der Waals surface area contributed by atoms with Gasteiger partial charge in [-0.3, -0.25) is 4.79 Å². The van der Waals surface area contributed by atoms with Crippen molar-refractivity contribution in [2.75, 3.05) is 6.61 Å². The molecule has 1 fully saturated rings. The highest BCUT2D eigenvalue weighted by Gasteiger charge is 2.16. The molecule has 1 aliphatic rings. The first-order valence-electron chi connectivity index (χ1n) is 6.57. The maximum Gasteiger partial charge on any atom is 0.162 e. The quantitative estimate of drug-likeness (QED) is 0.748. The summed E-state index contributed by atoms with van der Waals surface area (Å²) in [6, 6.07) is 5.52. The molecular formula is C15H19ClO2. The van der Waals surface area contributed by atoms with E-state index < -0.39 is 0 Å².